The Balaban J connectivity index is 2.15. The third kappa shape index (κ3) is 2.98. The molecule has 94 valence electrons. The zero-order valence-electron chi connectivity index (χ0n) is 9.87. The Hall–Kier alpha value is -1.62. The highest BCUT2D eigenvalue weighted by molar-refractivity contribution is 9.10. The number of hydrogen-bond acceptors (Lipinski definition) is 3. The molecular formula is C13H13BrN2O2. The van der Waals surface area contributed by atoms with E-state index < -0.39 is 0 Å². The summed E-state index contributed by atoms with van der Waals surface area (Å²) < 4.78 is 0.911. The molecule has 1 fully saturated rings. The standard InChI is InChI=1S/C13H13BrN2O2/c1-8-7-15-11(13(18)16-8)6-12(17)9-2-4-10(14)5-3-9/h2-6,8,15H,7H2,1H3,(H,16,18)/b11-6+/t8-/m0/s1. The summed E-state index contributed by atoms with van der Waals surface area (Å²) in [5, 5.41) is 5.72. The first kappa shape index (κ1) is 12.8. The van der Waals surface area contributed by atoms with Crippen LogP contribution in [0, 0.1) is 0 Å². The molecule has 1 saturated heterocycles. The Bertz CT molecular complexity index is 508. The Labute approximate surface area is 114 Å². The summed E-state index contributed by atoms with van der Waals surface area (Å²) in [5.41, 5.74) is 0.875. The minimum absolute atomic E-state index is 0.0810. The molecule has 0 saturated carbocycles. The molecule has 1 aromatic rings. The van der Waals surface area contributed by atoms with Gasteiger partial charge in [-0.25, -0.2) is 0 Å². The second-order valence-electron chi connectivity index (χ2n) is 4.18. The van der Waals surface area contributed by atoms with Crippen LogP contribution < -0.4 is 10.6 Å². The van der Waals surface area contributed by atoms with E-state index in [1.165, 1.54) is 6.08 Å². The Morgan fingerprint density at radius 2 is 2.06 bits per heavy atom. The minimum atomic E-state index is -0.237. The molecule has 1 aliphatic rings. The van der Waals surface area contributed by atoms with E-state index in [2.05, 4.69) is 26.6 Å². The van der Waals surface area contributed by atoms with Crippen molar-refractivity contribution in [1.82, 2.24) is 10.6 Å². The molecule has 5 heteroatoms. The number of amides is 1. The fourth-order valence-corrected chi connectivity index (χ4v) is 1.91. The van der Waals surface area contributed by atoms with Crippen LogP contribution in [0.2, 0.25) is 0 Å². The van der Waals surface area contributed by atoms with E-state index in [1.807, 2.05) is 6.92 Å². The van der Waals surface area contributed by atoms with Crippen molar-refractivity contribution in [2.45, 2.75) is 13.0 Å². The van der Waals surface area contributed by atoms with Crippen molar-refractivity contribution in [3.05, 3.63) is 46.1 Å². The summed E-state index contributed by atoms with van der Waals surface area (Å²) in [6, 6.07) is 7.10. The fourth-order valence-electron chi connectivity index (χ4n) is 1.64. The summed E-state index contributed by atoms with van der Waals surface area (Å²) in [6.07, 6.45) is 1.34. The van der Waals surface area contributed by atoms with E-state index in [-0.39, 0.29) is 17.7 Å². The lowest BCUT2D eigenvalue weighted by Gasteiger charge is -2.23. The maximum atomic E-state index is 11.9. The number of hydrogen-bond donors (Lipinski definition) is 2. The molecule has 4 nitrogen and oxygen atoms in total. The largest absolute Gasteiger partial charge is 0.378 e. The predicted molar refractivity (Wildman–Crippen MR) is 72.2 cm³/mol. The maximum absolute atomic E-state index is 11.9. The quantitative estimate of drug-likeness (QED) is 0.645. The van der Waals surface area contributed by atoms with E-state index in [0.29, 0.717) is 17.8 Å². The van der Waals surface area contributed by atoms with Gasteiger partial charge in [-0.1, -0.05) is 15.9 Å². The molecule has 18 heavy (non-hydrogen) atoms. The molecule has 0 unspecified atom stereocenters. The van der Waals surface area contributed by atoms with Crippen LogP contribution >= 0.6 is 15.9 Å². The van der Waals surface area contributed by atoms with Gasteiger partial charge >= 0.3 is 0 Å². The summed E-state index contributed by atoms with van der Waals surface area (Å²) in [7, 11) is 0. The zero-order chi connectivity index (χ0) is 13.1. The van der Waals surface area contributed by atoms with Gasteiger partial charge in [0.05, 0.1) is 0 Å². The summed E-state index contributed by atoms with van der Waals surface area (Å²) in [4.78, 5) is 23.6. The van der Waals surface area contributed by atoms with Crippen molar-refractivity contribution < 1.29 is 9.59 Å². The number of carbonyl (C=O) groups excluding carboxylic acids is 2. The van der Waals surface area contributed by atoms with Crippen LogP contribution in [0.4, 0.5) is 0 Å². The van der Waals surface area contributed by atoms with Gasteiger partial charge in [0, 0.05) is 28.7 Å². The van der Waals surface area contributed by atoms with Gasteiger partial charge < -0.3 is 10.6 Å². The highest BCUT2D eigenvalue weighted by Gasteiger charge is 2.19. The van der Waals surface area contributed by atoms with E-state index in [4.69, 9.17) is 0 Å². The Morgan fingerprint density at radius 3 is 2.67 bits per heavy atom. The van der Waals surface area contributed by atoms with Gasteiger partial charge in [0.1, 0.15) is 5.70 Å². The van der Waals surface area contributed by atoms with Crippen molar-refractivity contribution in [3.63, 3.8) is 0 Å². The van der Waals surface area contributed by atoms with Gasteiger partial charge in [0.15, 0.2) is 5.78 Å². The third-order valence-electron chi connectivity index (χ3n) is 2.62. The molecular weight excluding hydrogens is 296 g/mol. The van der Waals surface area contributed by atoms with Crippen LogP contribution in [0.15, 0.2) is 40.5 Å². The highest BCUT2D eigenvalue weighted by Crippen LogP contribution is 2.12. The lowest BCUT2D eigenvalue weighted by molar-refractivity contribution is -0.119. The molecule has 1 atom stereocenters. The SMILES string of the molecule is C[C@H]1CN/C(=C/C(=O)c2ccc(Br)cc2)C(=O)N1. The monoisotopic (exact) mass is 308 g/mol. The van der Waals surface area contributed by atoms with Gasteiger partial charge in [0.25, 0.3) is 5.91 Å². The summed E-state index contributed by atoms with van der Waals surface area (Å²) >= 11 is 3.31. The normalized spacial score (nSPS) is 21.3. The average Bonchev–Trinajstić information content (AvgIpc) is 2.33. The van der Waals surface area contributed by atoms with Crippen molar-refractivity contribution in [2.75, 3.05) is 6.54 Å². The molecule has 1 heterocycles. The number of piperazine rings is 1. The molecule has 2 N–H and O–H groups in total. The lowest BCUT2D eigenvalue weighted by Crippen LogP contribution is -2.49. The maximum Gasteiger partial charge on any atom is 0.267 e. The van der Waals surface area contributed by atoms with Crippen molar-refractivity contribution in [3.8, 4) is 0 Å². The van der Waals surface area contributed by atoms with Crippen molar-refractivity contribution >= 4 is 27.6 Å². The lowest BCUT2D eigenvalue weighted by atomic mass is 10.1. The fraction of sp³-hybridized carbons (Fsp3) is 0.231. The summed E-state index contributed by atoms with van der Waals surface area (Å²) in [6.45, 7) is 2.53. The van der Waals surface area contributed by atoms with Gasteiger partial charge in [0.2, 0.25) is 0 Å². The molecule has 0 bridgehead atoms. The molecule has 0 radical (unpaired) electrons. The van der Waals surface area contributed by atoms with Crippen LogP contribution in [0.25, 0.3) is 0 Å². The third-order valence-corrected chi connectivity index (χ3v) is 3.15. The molecule has 0 aromatic heterocycles. The molecule has 1 aromatic carbocycles. The highest BCUT2D eigenvalue weighted by atomic mass is 79.9. The van der Waals surface area contributed by atoms with Crippen LogP contribution in [-0.4, -0.2) is 24.3 Å². The van der Waals surface area contributed by atoms with E-state index in [0.717, 1.165) is 4.47 Å². The second kappa shape index (κ2) is 5.35. The number of benzene rings is 1. The number of ketones is 1. The molecule has 0 aliphatic carbocycles. The Morgan fingerprint density at radius 1 is 1.39 bits per heavy atom. The number of halogens is 1. The van der Waals surface area contributed by atoms with Gasteiger partial charge in [-0.15, -0.1) is 0 Å². The summed E-state index contributed by atoms with van der Waals surface area (Å²) in [5.74, 6) is -0.422. The number of nitrogens with one attached hydrogen (secondary N) is 2. The number of rotatable bonds is 2. The first-order chi connectivity index (χ1) is 8.56. The average molecular weight is 309 g/mol. The van der Waals surface area contributed by atoms with E-state index in [1.54, 1.807) is 24.3 Å². The zero-order valence-corrected chi connectivity index (χ0v) is 11.5. The second-order valence-corrected chi connectivity index (χ2v) is 5.10. The van der Waals surface area contributed by atoms with Crippen molar-refractivity contribution in [2.24, 2.45) is 0 Å². The van der Waals surface area contributed by atoms with Crippen LogP contribution in [0.1, 0.15) is 17.3 Å². The molecule has 1 amide bonds. The molecule has 2 rings (SSSR count). The van der Waals surface area contributed by atoms with Gasteiger partial charge in [-0.3, -0.25) is 9.59 Å². The van der Waals surface area contributed by atoms with Crippen LogP contribution in [0.3, 0.4) is 0 Å². The molecule has 0 spiro atoms. The topological polar surface area (TPSA) is 58.2 Å². The van der Waals surface area contributed by atoms with E-state index in [9.17, 15) is 9.59 Å². The van der Waals surface area contributed by atoms with Crippen LogP contribution in [0.5, 0.6) is 0 Å². The number of carbonyl (C=O) groups is 2. The first-order valence-corrected chi connectivity index (χ1v) is 6.42. The minimum Gasteiger partial charge on any atom is -0.378 e. The number of allylic oxidation sites excluding steroid dienone is 1. The van der Waals surface area contributed by atoms with Gasteiger partial charge in [-0.2, -0.15) is 0 Å². The van der Waals surface area contributed by atoms with Crippen LogP contribution in [-0.2, 0) is 4.79 Å². The van der Waals surface area contributed by atoms with E-state index >= 15 is 0 Å². The molecule has 1 aliphatic heterocycles. The van der Waals surface area contributed by atoms with Gasteiger partial charge in [-0.05, 0) is 31.2 Å². The Kier molecular flexibility index (Phi) is 3.81. The predicted octanol–water partition coefficient (Wildman–Crippen LogP) is 1.62. The first-order valence-electron chi connectivity index (χ1n) is 5.62. The smallest absolute Gasteiger partial charge is 0.267 e. The van der Waals surface area contributed by atoms with Crippen molar-refractivity contribution in [1.29, 1.82) is 0 Å².